The number of nitrogens with one attached hydrogen (secondary N) is 2. The van der Waals surface area contributed by atoms with E-state index in [-0.39, 0.29) is 18.4 Å². The number of carbonyl (C=O) groups is 2. The molecule has 3 aliphatic heterocycles. The van der Waals surface area contributed by atoms with Gasteiger partial charge in [-0.25, -0.2) is 4.98 Å². The Morgan fingerprint density at radius 2 is 2.00 bits per heavy atom. The minimum Gasteiger partial charge on any atom is -0.381 e. The molecule has 1 saturated heterocycles. The van der Waals surface area contributed by atoms with Crippen molar-refractivity contribution in [3.8, 4) is 0 Å². The van der Waals surface area contributed by atoms with Crippen molar-refractivity contribution in [2.75, 3.05) is 41.8 Å². The standard InChI is InChI=1S/C22H24N4O4/c27-20-10-24-21-19(26(20)11-14-3-5-29-6-4-14)8-16(9-23-21)22(28)25-18-2-1-15-12-30-13-17(15)7-18/h1-2,7-9,14H,3-6,10-13H2,(H,23,24)(H,25,28). The van der Waals surface area contributed by atoms with E-state index in [1.165, 1.54) is 0 Å². The lowest BCUT2D eigenvalue weighted by atomic mass is 9.99. The molecule has 0 saturated carbocycles. The van der Waals surface area contributed by atoms with Gasteiger partial charge in [0.05, 0.1) is 31.0 Å². The third-order valence-electron chi connectivity index (χ3n) is 5.89. The molecule has 0 aliphatic carbocycles. The molecule has 156 valence electrons. The van der Waals surface area contributed by atoms with Gasteiger partial charge in [-0.1, -0.05) is 6.07 Å². The van der Waals surface area contributed by atoms with Crippen LogP contribution in [0.15, 0.2) is 30.5 Å². The molecule has 1 fully saturated rings. The van der Waals surface area contributed by atoms with Gasteiger partial charge in [-0.05, 0) is 48.1 Å². The Balaban J connectivity index is 1.36. The van der Waals surface area contributed by atoms with E-state index in [1.807, 2.05) is 18.2 Å². The molecule has 8 nitrogen and oxygen atoms in total. The highest BCUT2D eigenvalue weighted by atomic mass is 16.5. The number of ether oxygens (including phenoxy) is 2. The maximum atomic E-state index is 12.9. The molecular formula is C22H24N4O4. The number of hydrogen-bond acceptors (Lipinski definition) is 6. The van der Waals surface area contributed by atoms with Gasteiger partial charge < -0.3 is 25.0 Å². The number of pyridine rings is 1. The van der Waals surface area contributed by atoms with Gasteiger partial charge in [-0.3, -0.25) is 9.59 Å². The summed E-state index contributed by atoms with van der Waals surface area (Å²) in [5.74, 6) is 0.757. The van der Waals surface area contributed by atoms with Crippen LogP contribution in [-0.4, -0.2) is 43.1 Å². The van der Waals surface area contributed by atoms with Crippen molar-refractivity contribution < 1.29 is 19.1 Å². The largest absolute Gasteiger partial charge is 0.381 e. The molecule has 0 spiro atoms. The Labute approximate surface area is 174 Å². The second-order valence-electron chi connectivity index (χ2n) is 7.94. The van der Waals surface area contributed by atoms with Crippen LogP contribution in [0.3, 0.4) is 0 Å². The number of nitrogens with zero attached hydrogens (tertiary/aromatic N) is 2. The number of aromatic nitrogens is 1. The molecular weight excluding hydrogens is 384 g/mol. The Kier molecular flexibility index (Phi) is 5.10. The molecule has 3 aliphatic rings. The molecule has 1 aromatic carbocycles. The summed E-state index contributed by atoms with van der Waals surface area (Å²) < 4.78 is 10.9. The molecule has 4 heterocycles. The Morgan fingerprint density at radius 1 is 1.17 bits per heavy atom. The fourth-order valence-corrected chi connectivity index (χ4v) is 4.15. The third kappa shape index (κ3) is 3.76. The fourth-order valence-electron chi connectivity index (χ4n) is 4.15. The second kappa shape index (κ2) is 8.04. The molecule has 30 heavy (non-hydrogen) atoms. The quantitative estimate of drug-likeness (QED) is 0.808. The first kappa shape index (κ1) is 19.0. The zero-order valence-corrected chi connectivity index (χ0v) is 16.6. The van der Waals surface area contributed by atoms with Gasteiger partial charge in [-0.15, -0.1) is 0 Å². The van der Waals surface area contributed by atoms with Crippen molar-refractivity contribution in [3.05, 3.63) is 47.2 Å². The van der Waals surface area contributed by atoms with Gasteiger partial charge in [0.15, 0.2) is 0 Å². The predicted molar refractivity (Wildman–Crippen MR) is 112 cm³/mol. The predicted octanol–water partition coefficient (Wildman–Crippen LogP) is 2.55. The SMILES string of the molecule is O=C(Nc1ccc2c(c1)COC2)c1cnc2c(c1)N(CC1CCOCC1)C(=O)CN2. The molecule has 2 N–H and O–H groups in total. The number of anilines is 3. The summed E-state index contributed by atoms with van der Waals surface area (Å²) in [6, 6.07) is 7.53. The molecule has 2 aromatic rings. The summed E-state index contributed by atoms with van der Waals surface area (Å²) in [4.78, 5) is 31.6. The summed E-state index contributed by atoms with van der Waals surface area (Å²) in [6.45, 7) is 3.46. The van der Waals surface area contributed by atoms with Gasteiger partial charge in [0.1, 0.15) is 5.82 Å². The Morgan fingerprint density at radius 3 is 2.87 bits per heavy atom. The van der Waals surface area contributed by atoms with E-state index in [4.69, 9.17) is 9.47 Å². The molecule has 0 unspecified atom stereocenters. The highest BCUT2D eigenvalue weighted by molar-refractivity contribution is 6.07. The number of hydrogen-bond donors (Lipinski definition) is 2. The Hall–Kier alpha value is -2.97. The maximum Gasteiger partial charge on any atom is 0.257 e. The lowest BCUT2D eigenvalue weighted by molar-refractivity contribution is -0.117. The lowest BCUT2D eigenvalue weighted by Gasteiger charge is -2.33. The van der Waals surface area contributed by atoms with E-state index in [9.17, 15) is 9.59 Å². The highest BCUT2D eigenvalue weighted by Gasteiger charge is 2.29. The topological polar surface area (TPSA) is 92.8 Å². The summed E-state index contributed by atoms with van der Waals surface area (Å²) in [5, 5.41) is 5.98. The van der Waals surface area contributed by atoms with Crippen LogP contribution in [0.1, 0.15) is 34.3 Å². The van der Waals surface area contributed by atoms with Gasteiger partial charge in [0.25, 0.3) is 5.91 Å². The summed E-state index contributed by atoms with van der Waals surface area (Å²) in [5.41, 5.74) is 4.03. The smallest absolute Gasteiger partial charge is 0.257 e. The van der Waals surface area contributed by atoms with Gasteiger partial charge in [0, 0.05) is 31.6 Å². The lowest BCUT2D eigenvalue weighted by Crippen LogP contribution is -2.44. The summed E-state index contributed by atoms with van der Waals surface area (Å²) in [6.07, 6.45) is 3.41. The molecule has 8 heteroatoms. The van der Waals surface area contributed by atoms with Gasteiger partial charge in [0.2, 0.25) is 5.91 Å². The maximum absolute atomic E-state index is 12.9. The normalized spacial score (nSPS) is 18.5. The minimum absolute atomic E-state index is 0.00743. The van der Waals surface area contributed by atoms with Crippen LogP contribution in [0.2, 0.25) is 0 Å². The fraction of sp³-hybridized carbons (Fsp3) is 0.409. The van der Waals surface area contributed by atoms with Gasteiger partial charge >= 0.3 is 0 Å². The van der Waals surface area contributed by atoms with E-state index in [0.717, 1.165) is 42.9 Å². The van der Waals surface area contributed by atoms with Crippen LogP contribution < -0.4 is 15.5 Å². The molecule has 2 amide bonds. The number of carbonyl (C=O) groups excluding carboxylic acids is 2. The van der Waals surface area contributed by atoms with Crippen LogP contribution in [0, 0.1) is 5.92 Å². The van der Waals surface area contributed by atoms with Crippen molar-refractivity contribution in [2.45, 2.75) is 26.1 Å². The van der Waals surface area contributed by atoms with Crippen molar-refractivity contribution >= 4 is 29.0 Å². The molecule has 1 aromatic heterocycles. The van der Waals surface area contributed by atoms with E-state index >= 15 is 0 Å². The molecule has 0 radical (unpaired) electrons. The van der Waals surface area contributed by atoms with E-state index in [0.29, 0.717) is 42.7 Å². The molecule has 0 atom stereocenters. The van der Waals surface area contributed by atoms with Crippen molar-refractivity contribution in [1.29, 1.82) is 0 Å². The summed E-state index contributed by atoms with van der Waals surface area (Å²) >= 11 is 0. The first-order valence-electron chi connectivity index (χ1n) is 10.3. The minimum atomic E-state index is -0.256. The average molecular weight is 408 g/mol. The number of rotatable bonds is 4. The highest BCUT2D eigenvalue weighted by Crippen LogP contribution is 2.31. The second-order valence-corrected chi connectivity index (χ2v) is 7.94. The first-order chi connectivity index (χ1) is 14.7. The van der Waals surface area contributed by atoms with Gasteiger partial charge in [-0.2, -0.15) is 0 Å². The average Bonchev–Trinajstić information content (AvgIpc) is 3.24. The number of benzene rings is 1. The molecule has 0 bridgehead atoms. The van der Waals surface area contributed by atoms with Crippen LogP contribution in [0.5, 0.6) is 0 Å². The molecule has 5 rings (SSSR count). The van der Waals surface area contributed by atoms with Crippen molar-refractivity contribution in [1.82, 2.24) is 4.98 Å². The van der Waals surface area contributed by atoms with Crippen LogP contribution >= 0.6 is 0 Å². The first-order valence-corrected chi connectivity index (χ1v) is 10.3. The van der Waals surface area contributed by atoms with Crippen molar-refractivity contribution in [2.24, 2.45) is 5.92 Å². The Bertz CT molecular complexity index is 987. The summed E-state index contributed by atoms with van der Waals surface area (Å²) in [7, 11) is 0. The van der Waals surface area contributed by atoms with Crippen molar-refractivity contribution in [3.63, 3.8) is 0 Å². The van der Waals surface area contributed by atoms with Crippen LogP contribution in [0.25, 0.3) is 0 Å². The van der Waals surface area contributed by atoms with E-state index < -0.39 is 0 Å². The van der Waals surface area contributed by atoms with Crippen LogP contribution in [-0.2, 0) is 27.5 Å². The van der Waals surface area contributed by atoms with E-state index in [2.05, 4.69) is 15.6 Å². The zero-order valence-electron chi connectivity index (χ0n) is 16.6. The van der Waals surface area contributed by atoms with Crippen LogP contribution in [0.4, 0.5) is 17.2 Å². The van der Waals surface area contributed by atoms with E-state index in [1.54, 1.807) is 17.2 Å². The number of amides is 2. The zero-order chi connectivity index (χ0) is 20.5. The third-order valence-corrected chi connectivity index (χ3v) is 5.89. The monoisotopic (exact) mass is 408 g/mol. The number of fused-ring (bicyclic) bond motifs is 2.